The van der Waals surface area contributed by atoms with Crippen LogP contribution in [0.3, 0.4) is 0 Å². The van der Waals surface area contributed by atoms with E-state index in [2.05, 4.69) is 10.6 Å². The molecule has 1 aliphatic carbocycles. The van der Waals surface area contributed by atoms with Gasteiger partial charge >= 0.3 is 0 Å². The standard InChI is InChI=1S/C25H33N3O5/c1-17-10-11-19(33-17)13-26-24(30)21-15-28(14-20-9-6-12-32-20)16-22(23(21)29)25(31)27-18-7-4-2-3-5-8-18/h10-11,15-16,18,20H,2-9,12-14H2,1H3,(H,26,30)(H,27,31). The summed E-state index contributed by atoms with van der Waals surface area (Å²) >= 11 is 0. The highest BCUT2D eigenvalue weighted by atomic mass is 16.5. The molecule has 3 heterocycles. The Kier molecular flexibility index (Phi) is 7.65. The van der Waals surface area contributed by atoms with Crippen molar-refractivity contribution in [3.63, 3.8) is 0 Å². The first-order chi connectivity index (χ1) is 16.0. The van der Waals surface area contributed by atoms with Crippen LogP contribution in [0.25, 0.3) is 0 Å². The van der Waals surface area contributed by atoms with Gasteiger partial charge in [-0.15, -0.1) is 0 Å². The molecule has 0 aromatic carbocycles. The number of aryl methyl sites for hydroxylation is 1. The van der Waals surface area contributed by atoms with E-state index >= 15 is 0 Å². The van der Waals surface area contributed by atoms with Gasteiger partial charge in [0.15, 0.2) is 0 Å². The fraction of sp³-hybridized carbons (Fsp3) is 0.560. The van der Waals surface area contributed by atoms with Crippen molar-refractivity contribution < 1.29 is 18.7 Å². The Morgan fingerprint density at radius 2 is 1.73 bits per heavy atom. The van der Waals surface area contributed by atoms with Crippen molar-refractivity contribution in [3.05, 3.63) is 57.4 Å². The van der Waals surface area contributed by atoms with E-state index in [-0.39, 0.29) is 29.8 Å². The summed E-state index contributed by atoms with van der Waals surface area (Å²) in [6.45, 7) is 3.18. The van der Waals surface area contributed by atoms with E-state index in [9.17, 15) is 14.4 Å². The Morgan fingerprint density at radius 1 is 1.00 bits per heavy atom. The number of aromatic nitrogens is 1. The monoisotopic (exact) mass is 455 g/mol. The predicted molar refractivity (Wildman–Crippen MR) is 123 cm³/mol. The number of nitrogens with one attached hydrogen (secondary N) is 2. The molecule has 2 amide bonds. The van der Waals surface area contributed by atoms with Crippen LogP contribution >= 0.6 is 0 Å². The van der Waals surface area contributed by atoms with Crippen LogP contribution in [0.1, 0.15) is 83.6 Å². The van der Waals surface area contributed by atoms with Gasteiger partial charge in [0.05, 0.1) is 12.6 Å². The van der Waals surface area contributed by atoms with Crippen molar-refractivity contribution >= 4 is 11.8 Å². The molecule has 2 N–H and O–H groups in total. The Hall–Kier alpha value is -2.87. The Labute approximate surface area is 193 Å². The summed E-state index contributed by atoms with van der Waals surface area (Å²) in [4.78, 5) is 39.2. The number of pyridine rings is 1. The van der Waals surface area contributed by atoms with E-state index < -0.39 is 17.2 Å². The van der Waals surface area contributed by atoms with Gasteiger partial charge in [-0.05, 0) is 44.7 Å². The summed E-state index contributed by atoms with van der Waals surface area (Å²) in [5.41, 5.74) is -0.610. The molecular weight excluding hydrogens is 422 g/mol. The summed E-state index contributed by atoms with van der Waals surface area (Å²) in [5, 5.41) is 5.77. The van der Waals surface area contributed by atoms with Gasteiger partial charge in [0.2, 0.25) is 5.43 Å². The van der Waals surface area contributed by atoms with Crippen LogP contribution in [-0.4, -0.2) is 35.1 Å². The molecular formula is C25H33N3O5. The average molecular weight is 456 g/mol. The molecule has 8 heteroatoms. The maximum atomic E-state index is 13.2. The quantitative estimate of drug-likeness (QED) is 0.624. The van der Waals surface area contributed by atoms with E-state index in [4.69, 9.17) is 9.15 Å². The predicted octanol–water partition coefficient (Wildman–Crippen LogP) is 3.31. The van der Waals surface area contributed by atoms with Crippen LogP contribution in [0.5, 0.6) is 0 Å². The lowest BCUT2D eigenvalue weighted by molar-refractivity contribution is 0.0915. The van der Waals surface area contributed by atoms with Gasteiger partial charge in [-0.1, -0.05) is 25.7 Å². The molecule has 1 unspecified atom stereocenters. The molecule has 2 fully saturated rings. The molecule has 33 heavy (non-hydrogen) atoms. The molecule has 2 aromatic rings. The van der Waals surface area contributed by atoms with E-state index in [0.29, 0.717) is 18.9 Å². The summed E-state index contributed by atoms with van der Waals surface area (Å²) in [6, 6.07) is 3.65. The third kappa shape index (κ3) is 6.13. The second kappa shape index (κ2) is 10.8. The van der Waals surface area contributed by atoms with Crippen molar-refractivity contribution in [1.82, 2.24) is 15.2 Å². The van der Waals surface area contributed by atoms with Gasteiger partial charge in [-0.25, -0.2) is 0 Å². The number of carbonyl (C=O) groups excluding carboxylic acids is 2. The number of rotatable bonds is 7. The molecule has 0 radical (unpaired) electrons. The van der Waals surface area contributed by atoms with Gasteiger partial charge in [-0.2, -0.15) is 0 Å². The smallest absolute Gasteiger partial charge is 0.257 e. The fourth-order valence-corrected chi connectivity index (χ4v) is 4.61. The van der Waals surface area contributed by atoms with Crippen LogP contribution in [0.15, 0.2) is 33.7 Å². The van der Waals surface area contributed by atoms with Gasteiger partial charge < -0.3 is 24.4 Å². The average Bonchev–Trinajstić information content (AvgIpc) is 3.39. The first-order valence-electron chi connectivity index (χ1n) is 12.0. The normalized spacial score (nSPS) is 19.2. The van der Waals surface area contributed by atoms with Gasteiger partial charge in [0, 0.05) is 31.6 Å². The third-order valence-corrected chi connectivity index (χ3v) is 6.42. The maximum absolute atomic E-state index is 13.2. The van der Waals surface area contributed by atoms with E-state index in [1.165, 1.54) is 19.0 Å². The Balaban J connectivity index is 1.56. The number of nitrogens with zero attached hydrogens (tertiary/aromatic N) is 1. The fourth-order valence-electron chi connectivity index (χ4n) is 4.61. The van der Waals surface area contributed by atoms with Crippen LogP contribution in [0, 0.1) is 6.92 Å². The molecule has 2 aliphatic rings. The van der Waals surface area contributed by atoms with Crippen molar-refractivity contribution in [3.8, 4) is 0 Å². The topological polar surface area (TPSA) is 103 Å². The summed E-state index contributed by atoms with van der Waals surface area (Å²) < 4.78 is 13.0. The zero-order valence-electron chi connectivity index (χ0n) is 19.2. The van der Waals surface area contributed by atoms with E-state index in [0.717, 1.165) is 44.3 Å². The molecule has 1 saturated carbocycles. The zero-order chi connectivity index (χ0) is 23.2. The molecule has 1 saturated heterocycles. The lowest BCUT2D eigenvalue weighted by atomic mass is 10.1. The molecule has 2 aromatic heterocycles. The van der Waals surface area contributed by atoms with Crippen LogP contribution < -0.4 is 16.1 Å². The Bertz CT molecular complexity index is 1030. The second-order valence-electron chi connectivity index (χ2n) is 9.10. The molecule has 0 spiro atoms. The largest absolute Gasteiger partial charge is 0.465 e. The van der Waals surface area contributed by atoms with Crippen molar-refractivity contribution in [2.75, 3.05) is 6.61 Å². The highest BCUT2D eigenvalue weighted by Gasteiger charge is 2.24. The zero-order valence-corrected chi connectivity index (χ0v) is 19.2. The summed E-state index contributed by atoms with van der Waals surface area (Å²) in [6.07, 6.45) is 11.3. The highest BCUT2D eigenvalue weighted by molar-refractivity contribution is 5.99. The maximum Gasteiger partial charge on any atom is 0.257 e. The second-order valence-corrected chi connectivity index (χ2v) is 9.10. The first kappa shape index (κ1) is 23.3. The van der Waals surface area contributed by atoms with E-state index in [1.807, 2.05) is 13.0 Å². The van der Waals surface area contributed by atoms with Gasteiger partial charge in [-0.3, -0.25) is 14.4 Å². The number of hydrogen-bond donors (Lipinski definition) is 2. The van der Waals surface area contributed by atoms with Crippen molar-refractivity contribution in [1.29, 1.82) is 0 Å². The van der Waals surface area contributed by atoms with Gasteiger partial charge in [0.1, 0.15) is 22.6 Å². The van der Waals surface area contributed by atoms with Crippen molar-refractivity contribution in [2.45, 2.75) is 83.5 Å². The van der Waals surface area contributed by atoms with Gasteiger partial charge in [0.25, 0.3) is 11.8 Å². The van der Waals surface area contributed by atoms with Crippen LogP contribution in [0.2, 0.25) is 0 Å². The minimum Gasteiger partial charge on any atom is -0.465 e. The molecule has 0 bridgehead atoms. The third-order valence-electron chi connectivity index (χ3n) is 6.42. The molecule has 1 atom stereocenters. The minimum atomic E-state index is -0.558. The summed E-state index contributed by atoms with van der Waals surface area (Å²) in [5.74, 6) is 0.404. The number of carbonyl (C=O) groups is 2. The lowest BCUT2D eigenvalue weighted by Gasteiger charge is -2.18. The SMILES string of the molecule is Cc1ccc(CNC(=O)c2cn(CC3CCCO3)cc(C(=O)NC3CCCCCC3)c2=O)o1. The minimum absolute atomic E-state index is 0.00117. The van der Waals surface area contributed by atoms with Crippen LogP contribution in [0.4, 0.5) is 0 Å². The molecule has 8 nitrogen and oxygen atoms in total. The van der Waals surface area contributed by atoms with E-state index in [1.54, 1.807) is 16.8 Å². The summed E-state index contributed by atoms with van der Waals surface area (Å²) in [7, 11) is 0. The number of furan rings is 1. The van der Waals surface area contributed by atoms with Crippen molar-refractivity contribution in [2.24, 2.45) is 0 Å². The number of amides is 2. The molecule has 4 rings (SSSR count). The number of ether oxygens (including phenoxy) is 1. The highest BCUT2D eigenvalue weighted by Crippen LogP contribution is 2.18. The number of hydrogen-bond acceptors (Lipinski definition) is 5. The lowest BCUT2D eigenvalue weighted by Crippen LogP contribution is -2.39. The molecule has 1 aliphatic heterocycles. The van der Waals surface area contributed by atoms with Crippen LogP contribution in [-0.2, 0) is 17.8 Å². The first-order valence-corrected chi connectivity index (χ1v) is 12.0. The Morgan fingerprint density at radius 3 is 2.36 bits per heavy atom. The molecule has 178 valence electrons.